The zero-order valence-electron chi connectivity index (χ0n) is 15.5. The molecule has 0 saturated carbocycles. The van der Waals surface area contributed by atoms with E-state index in [0.29, 0.717) is 24.7 Å². The molecule has 0 atom stereocenters. The number of sulfonamides is 1. The molecule has 1 aromatic heterocycles. The summed E-state index contributed by atoms with van der Waals surface area (Å²) in [5, 5.41) is 0. The van der Waals surface area contributed by atoms with Crippen LogP contribution in [0.1, 0.15) is 0 Å². The van der Waals surface area contributed by atoms with Crippen molar-refractivity contribution in [1.29, 1.82) is 0 Å². The van der Waals surface area contributed by atoms with Gasteiger partial charge in [-0.2, -0.15) is 8.42 Å². The van der Waals surface area contributed by atoms with Crippen LogP contribution in [0.5, 0.6) is 11.5 Å². The monoisotopic (exact) mass is 426 g/mol. The molecule has 0 aliphatic heterocycles. The molecular formula is C18H19FN2O5S2. The molecule has 3 rings (SSSR count). The number of halogens is 1. The molecule has 0 fully saturated rings. The summed E-state index contributed by atoms with van der Waals surface area (Å²) in [4.78, 5) is 0.187. The van der Waals surface area contributed by atoms with E-state index in [2.05, 4.69) is 4.40 Å². The van der Waals surface area contributed by atoms with Gasteiger partial charge in [-0.25, -0.2) is 4.39 Å². The lowest BCUT2D eigenvalue weighted by atomic mass is 10.3. The minimum Gasteiger partial charge on any atom is -0.493 e. The fraction of sp³-hybridized carbons (Fsp3) is 0.278. The summed E-state index contributed by atoms with van der Waals surface area (Å²) in [6, 6.07) is 8.08. The van der Waals surface area contributed by atoms with E-state index in [1.165, 1.54) is 37.7 Å². The quantitative estimate of drug-likeness (QED) is 0.581. The Morgan fingerprint density at radius 2 is 1.71 bits per heavy atom. The second kappa shape index (κ2) is 8.29. The molecule has 0 amide bonds. The Morgan fingerprint density at radius 1 is 1.07 bits per heavy atom. The van der Waals surface area contributed by atoms with Crippen LogP contribution in [0.15, 0.2) is 45.7 Å². The van der Waals surface area contributed by atoms with Gasteiger partial charge in [0, 0.05) is 25.8 Å². The Labute approximate surface area is 165 Å². The fourth-order valence-corrected chi connectivity index (χ4v) is 4.90. The van der Waals surface area contributed by atoms with Crippen LogP contribution in [0.4, 0.5) is 4.39 Å². The van der Waals surface area contributed by atoms with Crippen molar-refractivity contribution in [3.8, 4) is 11.5 Å². The normalized spacial score (nSPS) is 12.5. The molecule has 0 radical (unpaired) electrons. The number of fused-ring (bicyclic) bond motifs is 1. The van der Waals surface area contributed by atoms with Gasteiger partial charge in [-0.1, -0.05) is 11.3 Å². The lowest BCUT2D eigenvalue weighted by molar-refractivity contribution is 0.187. The number of nitrogens with zero attached hydrogens (tertiary/aromatic N) is 2. The molecule has 0 N–H and O–H groups in total. The van der Waals surface area contributed by atoms with E-state index >= 15 is 0 Å². The first-order valence-corrected chi connectivity index (χ1v) is 10.5. The third kappa shape index (κ3) is 4.03. The highest BCUT2D eigenvalue weighted by Gasteiger charge is 2.17. The number of hydrogen-bond acceptors (Lipinski definition) is 6. The Morgan fingerprint density at radius 3 is 2.32 bits per heavy atom. The third-order valence-electron chi connectivity index (χ3n) is 4.02. The number of benzene rings is 2. The smallest absolute Gasteiger partial charge is 0.285 e. The number of ether oxygens (including phenoxy) is 3. The minimum atomic E-state index is -4.01. The summed E-state index contributed by atoms with van der Waals surface area (Å²) in [5.74, 6) is 0.533. The predicted molar refractivity (Wildman–Crippen MR) is 104 cm³/mol. The van der Waals surface area contributed by atoms with Gasteiger partial charge in [-0.05, 0) is 24.3 Å². The zero-order valence-corrected chi connectivity index (χ0v) is 17.1. The van der Waals surface area contributed by atoms with E-state index < -0.39 is 15.8 Å². The fourth-order valence-electron chi connectivity index (χ4n) is 2.63. The summed E-state index contributed by atoms with van der Waals surface area (Å²) in [6.07, 6.45) is 0. The van der Waals surface area contributed by atoms with Crippen molar-refractivity contribution >= 4 is 31.6 Å². The molecule has 1 heterocycles. The van der Waals surface area contributed by atoms with Crippen LogP contribution in [0.3, 0.4) is 0 Å². The maximum atomic E-state index is 13.1. The average Bonchev–Trinajstić information content (AvgIpc) is 3.00. The summed E-state index contributed by atoms with van der Waals surface area (Å²) in [7, 11) is 0.604. The molecule has 2 aromatic carbocycles. The van der Waals surface area contributed by atoms with E-state index in [1.54, 1.807) is 23.8 Å². The second-order valence-electron chi connectivity index (χ2n) is 5.72. The molecule has 10 heteroatoms. The lowest BCUT2D eigenvalue weighted by Crippen LogP contribution is -2.19. The molecule has 0 bridgehead atoms. The van der Waals surface area contributed by atoms with Gasteiger partial charge < -0.3 is 18.8 Å². The summed E-state index contributed by atoms with van der Waals surface area (Å²) in [5.41, 5.74) is 0.743. The number of aromatic nitrogens is 1. The van der Waals surface area contributed by atoms with Gasteiger partial charge >= 0.3 is 0 Å². The van der Waals surface area contributed by atoms with Crippen LogP contribution in [0.2, 0.25) is 0 Å². The molecule has 3 aromatic rings. The van der Waals surface area contributed by atoms with Crippen LogP contribution >= 0.6 is 11.3 Å². The van der Waals surface area contributed by atoms with Crippen LogP contribution in [-0.4, -0.2) is 40.9 Å². The molecule has 0 saturated heterocycles. The largest absolute Gasteiger partial charge is 0.493 e. The van der Waals surface area contributed by atoms with Gasteiger partial charge in [0.15, 0.2) is 11.5 Å². The van der Waals surface area contributed by atoms with Crippen molar-refractivity contribution in [3.63, 3.8) is 0 Å². The van der Waals surface area contributed by atoms with Crippen molar-refractivity contribution in [2.45, 2.75) is 11.4 Å². The highest BCUT2D eigenvalue weighted by molar-refractivity contribution is 7.90. The molecule has 0 aliphatic carbocycles. The first kappa shape index (κ1) is 20.3. The number of thiazole rings is 1. The summed E-state index contributed by atoms with van der Waals surface area (Å²) in [6.45, 7) is 0.758. The van der Waals surface area contributed by atoms with Crippen LogP contribution < -0.4 is 14.3 Å². The van der Waals surface area contributed by atoms with E-state index in [4.69, 9.17) is 14.2 Å². The Hall–Kier alpha value is -2.43. The molecule has 150 valence electrons. The molecule has 28 heavy (non-hydrogen) atoms. The Bertz CT molecular complexity index is 1150. The van der Waals surface area contributed by atoms with Gasteiger partial charge in [-0.15, -0.1) is 4.40 Å². The first-order chi connectivity index (χ1) is 13.4. The van der Waals surface area contributed by atoms with Crippen molar-refractivity contribution in [2.24, 2.45) is 4.40 Å². The molecule has 0 aliphatic rings. The first-order valence-electron chi connectivity index (χ1n) is 8.20. The minimum absolute atomic E-state index is 0.0835. The summed E-state index contributed by atoms with van der Waals surface area (Å²) < 4.78 is 60.8. The molecule has 7 nitrogen and oxygen atoms in total. The molecular weight excluding hydrogens is 407 g/mol. The maximum Gasteiger partial charge on any atom is 0.285 e. The number of rotatable bonds is 7. The molecule has 0 spiro atoms. The molecule has 0 unspecified atom stereocenters. The standard InChI is InChI=1S/C18H19FN2O5S2/c1-24-9-8-21-14-10-15(25-2)16(26-3)11-17(14)27-18(21)20-28(22,23)13-6-4-12(19)5-7-13/h4-7,10-11H,8-9H2,1-3H3. The van der Waals surface area contributed by atoms with Gasteiger partial charge in [0.05, 0.1) is 35.9 Å². The Balaban J connectivity index is 2.23. The van der Waals surface area contributed by atoms with Crippen molar-refractivity contribution < 1.29 is 27.0 Å². The van der Waals surface area contributed by atoms with Gasteiger partial charge in [0.2, 0.25) is 4.80 Å². The number of methoxy groups -OCH3 is 3. The average molecular weight is 426 g/mol. The van der Waals surface area contributed by atoms with Gasteiger partial charge in [0.1, 0.15) is 5.82 Å². The third-order valence-corrected chi connectivity index (χ3v) is 6.45. The van der Waals surface area contributed by atoms with E-state index in [-0.39, 0.29) is 9.70 Å². The van der Waals surface area contributed by atoms with Crippen molar-refractivity contribution in [1.82, 2.24) is 4.57 Å². The van der Waals surface area contributed by atoms with Crippen molar-refractivity contribution in [3.05, 3.63) is 47.0 Å². The second-order valence-corrected chi connectivity index (χ2v) is 8.34. The topological polar surface area (TPSA) is 79.1 Å². The van der Waals surface area contributed by atoms with Gasteiger partial charge in [-0.3, -0.25) is 0 Å². The van der Waals surface area contributed by atoms with Crippen molar-refractivity contribution in [2.75, 3.05) is 27.9 Å². The van der Waals surface area contributed by atoms with Crippen LogP contribution in [0.25, 0.3) is 10.2 Å². The zero-order chi connectivity index (χ0) is 20.3. The van der Waals surface area contributed by atoms with E-state index in [0.717, 1.165) is 22.3 Å². The number of hydrogen-bond donors (Lipinski definition) is 0. The highest BCUT2D eigenvalue weighted by Crippen LogP contribution is 2.33. The van der Waals surface area contributed by atoms with Crippen LogP contribution in [-0.2, 0) is 21.3 Å². The Kier molecular flexibility index (Phi) is 6.01. The van der Waals surface area contributed by atoms with E-state index in [1.807, 2.05) is 0 Å². The lowest BCUT2D eigenvalue weighted by Gasteiger charge is -2.09. The van der Waals surface area contributed by atoms with E-state index in [9.17, 15) is 12.8 Å². The SMILES string of the molecule is COCCn1c(=NS(=O)(=O)c2ccc(F)cc2)sc2cc(OC)c(OC)cc21. The van der Waals surface area contributed by atoms with Crippen LogP contribution in [0, 0.1) is 5.82 Å². The highest BCUT2D eigenvalue weighted by atomic mass is 32.2. The van der Waals surface area contributed by atoms with Gasteiger partial charge in [0.25, 0.3) is 10.0 Å². The predicted octanol–water partition coefficient (Wildman–Crippen LogP) is 2.80. The summed E-state index contributed by atoms with van der Waals surface area (Å²) >= 11 is 1.20. The maximum absolute atomic E-state index is 13.1.